The molecular formula is C6H10ClN3O. The number of hydrogen-bond acceptors (Lipinski definition) is 3. The molecule has 1 aromatic rings. The summed E-state index contributed by atoms with van der Waals surface area (Å²) in [5.41, 5.74) is 0. The number of aromatic nitrogens is 3. The summed E-state index contributed by atoms with van der Waals surface area (Å²) in [6.07, 6.45) is 0.730. The summed E-state index contributed by atoms with van der Waals surface area (Å²) in [6.45, 7) is 3.33. The second-order valence-electron chi connectivity index (χ2n) is 2.00. The molecule has 1 rings (SSSR count). The van der Waals surface area contributed by atoms with Gasteiger partial charge in [-0.25, -0.2) is 4.98 Å². The molecule has 0 atom stereocenters. The Labute approximate surface area is 69.9 Å². The van der Waals surface area contributed by atoms with Crippen molar-refractivity contribution < 1.29 is 4.74 Å². The van der Waals surface area contributed by atoms with Crippen molar-refractivity contribution in [2.75, 3.05) is 13.2 Å². The second kappa shape index (κ2) is 4.31. The summed E-state index contributed by atoms with van der Waals surface area (Å²) in [7, 11) is 0. The summed E-state index contributed by atoms with van der Waals surface area (Å²) in [5.74, 6) is 0.767. The van der Waals surface area contributed by atoms with Gasteiger partial charge >= 0.3 is 0 Å². The Kier molecular flexibility index (Phi) is 3.32. The van der Waals surface area contributed by atoms with Gasteiger partial charge in [-0.3, -0.25) is 5.10 Å². The van der Waals surface area contributed by atoms with Crippen molar-refractivity contribution in [1.29, 1.82) is 0 Å². The van der Waals surface area contributed by atoms with Crippen LogP contribution < -0.4 is 0 Å². The SMILES string of the molecule is CCOCCc1nc(Cl)n[nH]1. The Morgan fingerprint density at radius 2 is 2.45 bits per heavy atom. The Balaban J connectivity index is 2.27. The summed E-state index contributed by atoms with van der Waals surface area (Å²) in [4.78, 5) is 3.90. The molecule has 0 aliphatic heterocycles. The number of hydrogen-bond donors (Lipinski definition) is 1. The molecule has 0 bridgehead atoms. The molecule has 4 nitrogen and oxygen atoms in total. The first-order valence-electron chi connectivity index (χ1n) is 3.47. The molecule has 0 aliphatic rings. The van der Waals surface area contributed by atoms with Gasteiger partial charge in [0.1, 0.15) is 5.82 Å². The highest BCUT2D eigenvalue weighted by atomic mass is 35.5. The fraction of sp³-hybridized carbons (Fsp3) is 0.667. The molecule has 0 amide bonds. The maximum atomic E-state index is 5.48. The lowest BCUT2D eigenvalue weighted by Crippen LogP contribution is -1.99. The number of rotatable bonds is 4. The van der Waals surface area contributed by atoms with Crippen molar-refractivity contribution >= 4 is 11.6 Å². The molecule has 0 aromatic carbocycles. The molecule has 0 saturated carbocycles. The third-order valence-corrected chi connectivity index (χ3v) is 1.36. The van der Waals surface area contributed by atoms with Crippen LogP contribution in [0.3, 0.4) is 0 Å². The quantitative estimate of drug-likeness (QED) is 0.696. The first kappa shape index (κ1) is 8.49. The summed E-state index contributed by atoms with van der Waals surface area (Å²) in [5, 5.41) is 6.62. The van der Waals surface area contributed by atoms with E-state index in [0.29, 0.717) is 6.61 Å². The molecule has 0 aliphatic carbocycles. The molecule has 0 fully saturated rings. The van der Waals surface area contributed by atoms with E-state index < -0.39 is 0 Å². The molecule has 1 heterocycles. The molecule has 5 heteroatoms. The Hall–Kier alpha value is -0.610. The van der Waals surface area contributed by atoms with Gasteiger partial charge < -0.3 is 4.74 Å². The van der Waals surface area contributed by atoms with Crippen LogP contribution in [0.5, 0.6) is 0 Å². The normalized spacial score (nSPS) is 10.4. The van der Waals surface area contributed by atoms with Crippen molar-refractivity contribution in [2.24, 2.45) is 0 Å². The predicted molar refractivity (Wildman–Crippen MR) is 41.6 cm³/mol. The van der Waals surface area contributed by atoms with Crippen molar-refractivity contribution in [3.63, 3.8) is 0 Å². The van der Waals surface area contributed by atoms with Crippen LogP contribution in [0.1, 0.15) is 12.7 Å². The number of ether oxygens (including phenoxy) is 1. The fourth-order valence-corrected chi connectivity index (χ4v) is 0.841. The zero-order valence-corrected chi connectivity index (χ0v) is 7.06. The predicted octanol–water partition coefficient (Wildman–Crippen LogP) is 1.04. The van der Waals surface area contributed by atoms with E-state index in [1.54, 1.807) is 0 Å². The minimum Gasteiger partial charge on any atom is -0.381 e. The smallest absolute Gasteiger partial charge is 0.242 e. The third kappa shape index (κ3) is 2.86. The topological polar surface area (TPSA) is 50.8 Å². The first-order chi connectivity index (χ1) is 5.33. The largest absolute Gasteiger partial charge is 0.381 e. The molecule has 62 valence electrons. The number of aromatic amines is 1. The third-order valence-electron chi connectivity index (χ3n) is 1.19. The van der Waals surface area contributed by atoms with Crippen LogP contribution in [0.2, 0.25) is 5.28 Å². The van der Waals surface area contributed by atoms with Crippen molar-refractivity contribution in [1.82, 2.24) is 15.2 Å². The second-order valence-corrected chi connectivity index (χ2v) is 2.34. The van der Waals surface area contributed by atoms with E-state index in [9.17, 15) is 0 Å². The average Bonchev–Trinajstić information content (AvgIpc) is 2.37. The maximum Gasteiger partial charge on any atom is 0.242 e. The van der Waals surface area contributed by atoms with E-state index >= 15 is 0 Å². The molecule has 0 unspecified atom stereocenters. The van der Waals surface area contributed by atoms with Gasteiger partial charge in [0, 0.05) is 13.0 Å². The lowest BCUT2D eigenvalue weighted by atomic mass is 10.4. The van der Waals surface area contributed by atoms with Gasteiger partial charge in [-0.2, -0.15) is 0 Å². The van der Waals surface area contributed by atoms with Gasteiger partial charge in [-0.15, -0.1) is 5.10 Å². The zero-order valence-electron chi connectivity index (χ0n) is 6.30. The van der Waals surface area contributed by atoms with E-state index in [4.69, 9.17) is 16.3 Å². The van der Waals surface area contributed by atoms with Crippen LogP contribution in [0.25, 0.3) is 0 Å². The van der Waals surface area contributed by atoms with Crippen LogP contribution in [0.4, 0.5) is 0 Å². The standard InChI is InChI=1S/C6H10ClN3O/c1-2-11-4-3-5-8-6(7)10-9-5/h2-4H2,1H3,(H,8,9,10). The van der Waals surface area contributed by atoms with Crippen LogP contribution in [-0.2, 0) is 11.2 Å². The minimum atomic E-state index is 0.261. The molecule has 0 saturated heterocycles. The molecule has 1 aromatic heterocycles. The Bertz CT molecular complexity index is 213. The van der Waals surface area contributed by atoms with Crippen molar-refractivity contribution in [2.45, 2.75) is 13.3 Å². The van der Waals surface area contributed by atoms with E-state index in [2.05, 4.69) is 15.2 Å². The highest BCUT2D eigenvalue weighted by Gasteiger charge is 1.98. The van der Waals surface area contributed by atoms with E-state index in [-0.39, 0.29) is 5.28 Å². The molecule has 1 N–H and O–H groups in total. The van der Waals surface area contributed by atoms with Gasteiger partial charge in [0.2, 0.25) is 5.28 Å². The van der Waals surface area contributed by atoms with Gasteiger partial charge in [0.25, 0.3) is 0 Å². The van der Waals surface area contributed by atoms with E-state index in [0.717, 1.165) is 18.9 Å². The van der Waals surface area contributed by atoms with E-state index in [1.165, 1.54) is 0 Å². The number of halogens is 1. The average molecular weight is 176 g/mol. The molecule has 11 heavy (non-hydrogen) atoms. The summed E-state index contributed by atoms with van der Waals surface area (Å²) in [6, 6.07) is 0. The summed E-state index contributed by atoms with van der Waals surface area (Å²) >= 11 is 5.48. The Morgan fingerprint density at radius 3 is 3.00 bits per heavy atom. The van der Waals surface area contributed by atoms with Crippen molar-refractivity contribution in [3.05, 3.63) is 11.1 Å². The first-order valence-corrected chi connectivity index (χ1v) is 3.85. The molecule has 0 spiro atoms. The number of nitrogens with one attached hydrogen (secondary N) is 1. The zero-order chi connectivity index (χ0) is 8.10. The van der Waals surface area contributed by atoms with Crippen molar-refractivity contribution in [3.8, 4) is 0 Å². The molecule has 0 radical (unpaired) electrons. The fourth-order valence-electron chi connectivity index (χ4n) is 0.697. The highest BCUT2D eigenvalue weighted by molar-refractivity contribution is 6.28. The van der Waals surface area contributed by atoms with Gasteiger partial charge in [0.05, 0.1) is 6.61 Å². The monoisotopic (exact) mass is 175 g/mol. The number of H-pyrrole nitrogens is 1. The maximum absolute atomic E-state index is 5.48. The summed E-state index contributed by atoms with van der Waals surface area (Å²) < 4.78 is 5.12. The van der Waals surface area contributed by atoms with E-state index in [1.807, 2.05) is 6.92 Å². The lowest BCUT2D eigenvalue weighted by Gasteiger charge is -1.95. The van der Waals surface area contributed by atoms with Crippen LogP contribution in [0.15, 0.2) is 0 Å². The number of nitrogens with zero attached hydrogens (tertiary/aromatic N) is 2. The molecular weight excluding hydrogens is 166 g/mol. The minimum absolute atomic E-state index is 0.261. The highest BCUT2D eigenvalue weighted by Crippen LogP contribution is 1.99. The van der Waals surface area contributed by atoms with Gasteiger partial charge in [0.15, 0.2) is 0 Å². The van der Waals surface area contributed by atoms with Gasteiger partial charge in [-0.05, 0) is 18.5 Å². The van der Waals surface area contributed by atoms with Crippen LogP contribution >= 0.6 is 11.6 Å². The Morgan fingerprint density at radius 1 is 1.64 bits per heavy atom. The lowest BCUT2D eigenvalue weighted by molar-refractivity contribution is 0.149. The van der Waals surface area contributed by atoms with Crippen LogP contribution in [0, 0.1) is 0 Å². The van der Waals surface area contributed by atoms with Crippen LogP contribution in [-0.4, -0.2) is 28.4 Å². The van der Waals surface area contributed by atoms with Gasteiger partial charge in [-0.1, -0.05) is 0 Å².